The van der Waals surface area contributed by atoms with Crippen LogP contribution in [-0.2, 0) is 5.41 Å². The minimum absolute atomic E-state index is 0.0324. The van der Waals surface area contributed by atoms with Gasteiger partial charge in [-0.3, -0.25) is 4.79 Å². The van der Waals surface area contributed by atoms with E-state index in [0.29, 0.717) is 16.3 Å². The van der Waals surface area contributed by atoms with Crippen LogP contribution >= 0.6 is 11.6 Å². The molecule has 5 heteroatoms. The van der Waals surface area contributed by atoms with Gasteiger partial charge in [0, 0.05) is 39.1 Å². The molecule has 1 aliphatic rings. The molecule has 0 saturated carbocycles. The summed E-state index contributed by atoms with van der Waals surface area (Å²) in [6, 6.07) is 18.2. The maximum Gasteiger partial charge on any atom is 0.257 e. The molecule has 2 aromatic heterocycles. The lowest BCUT2D eigenvalue weighted by atomic mass is 9.93. The standard InChI is InChI=1S/C28H29ClN2O2/c1-17-20(16-24(33-17)28(2,3)4)27(32)31-14-8-11-23(31)26-25(18-9-6-5-7-10-18)21-15-19(29)12-13-22(21)30-26/h5-7,9-10,12-13,15-16,23,30H,8,11,14H2,1-4H3. The average molecular weight is 461 g/mol. The number of nitrogens with one attached hydrogen (secondary N) is 1. The van der Waals surface area contributed by atoms with Crippen LogP contribution < -0.4 is 0 Å². The largest absolute Gasteiger partial charge is 0.465 e. The van der Waals surface area contributed by atoms with Crippen LogP contribution in [0.2, 0.25) is 5.02 Å². The summed E-state index contributed by atoms with van der Waals surface area (Å²) in [6.07, 6.45) is 1.87. The third kappa shape index (κ3) is 3.87. The minimum atomic E-state index is -0.148. The highest BCUT2D eigenvalue weighted by Gasteiger charge is 2.36. The van der Waals surface area contributed by atoms with Gasteiger partial charge >= 0.3 is 0 Å². The number of hydrogen-bond acceptors (Lipinski definition) is 2. The Morgan fingerprint density at radius 2 is 1.88 bits per heavy atom. The number of H-pyrrole nitrogens is 1. The van der Waals surface area contributed by atoms with Gasteiger partial charge in [-0.25, -0.2) is 0 Å². The first kappa shape index (κ1) is 21.8. The summed E-state index contributed by atoms with van der Waals surface area (Å²) in [5, 5.41) is 1.78. The maximum atomic E-state index is 13.7. The highest BCUT2D eigenvalue weighted by Crippen LogP contribution is 2.43. The molecule has 170 valence electrons. The molecule has 0 spiro atoms. The molecular weight excluding hydrogens is 432 g/mol. The number of aryl methyl sites for hydroxylation is 1. The normalized spacial score (nSPS) is 16.6. The summed E-state index contributed by atoms with van der Waals surface area (Å²) in [5.41, 5.74) is 4.85. The Labute approximate surface area is 199 Å². The smallest absolute Gasteiger partial charge is 0.257 e. The Hall–Kier alpha value is -2.98. The Kier molecular flexibility index (Phi) is 5.37. The molecule has 2 aromatic carbocycles. The van der Waals surface area contributed by atoms with Gasteiger partial charge in [0.05, 0.1) is 11.6 Å². The van der Waals surface area contributed by atoms with E-state index in [1.807, 2.05) is 54.3 Å². The fourth-order valence-electron chi connectivity index (χ4n) is 4.88. The zero-order chi connectivity index (χ0) is 23.3. The highest BCUT2D eigenvalue weighted by atomic mass is 35.5. The van der Waals surface area contributed by atoms with Crippen molar-refractivity contribution in [3.8, 4) is 11.1 Å². The van der Waals surface area contributed by atoms with Crippen LogP contribution in [0.3, 0.4) is 0 Å². The molecule has 1 fully saturated rings. The second kappa shape index (κ2) is 8.11. The summed E-state index contributed by atoms with van der Waals surface area (Å²) in [7, 11) is 0. The number of likely N-dealkylation sites (tertiary alicyclic amines) is 1. The van der Waals surface area contributed by atoms with E-state index in [-0.39, 0.29) is 17.4 Å². The van der Waals surface area contributed by atoms with E-state index in [4.69, 9.17) is 16.0 Å². The number of carbonyl (C=O) groups is 1. The van der Waals surface area contributed by atoms with Gasteiger partial charge < -0.3 is 14.3 Å². The highest BCUT2D eigenvalue weighted by molar-refractivity contribution is 6.31. The maximum absolute atomic E-state index is 13.7. The van der Waals surface area contributed by atoms with Crippen LogP contribution in [0.5, 0.6) is 0 Å². The number of halogens is 1. The molecular formula is C28H29ClN2O2. The average Bonchev–Trinajstić information content (AvgIpc) is 3.49. The SMILES string of the molecule is Cc1oc(C(C)(C)C)cc1C(=O)N1CCCC1c1[nH]c2ccc(Cl)cc2c1-c1ccccc1. The first-order chi connectivity index (χ1) is 15.7. The third-order valence-corrected chi connectivity index (χ3v) is 6.82. The quantitative estimate of drug-likeness (QED) is 0.341. The summed E-state index contributed by atoms with van der Waals surface area (Å²) in [5.74, 6) is 1.55. The first-order valence-corrected chi connectivity index (χ1v) is 11.9. The van der Waals surface area contributed by atoms with Crippen molar-refractivity contribution < 1.29 is 9.21 Å². The van der Waals surface area contributed by atoms with E-state index < -0.39 is 0 Å². The van der Waals surface area contributed by atoms with E-state index in [1.54, 1.807) is 0 Å². The van der Waals surface area contributed by atoms with Gasteiger partial charge in [0.15, 0.2) is 0 Å². The number of furan rings is 1. The fraction of sp³-hybridized carbons (Fsp3) is 0.321. The zero-order valence-electron chi connectivity index (χ0n) is 19.5. The Morgan fingerprint density at radius 3 is 2.58 bits per heavy atom. The summed E-state index contributed by atoms with van der Waals surface area (Å²) in [4.78, 5) is 19.4. The van der Waals surface area contributed by atoms with Crippen molar-refractivity contribution >= 4 is 28.4 Å². The van der Waals surface area contributed by atoms with Gasteiger partial charge in [-0.2, -0.15) is 0 Å². The van der Waals surface area contributed by atoms with Crippen LogP contribution in [0, 0.1) is 6.92 Å². The van der Waals surface area contributed by atoms with Crippen LogP contribution in [0.4, 0.5) is 0 Å². The molecule has 4 aromatic rings. The van der Waals surface area contributed by atoms with Crippen molar-refractivity contribution in [2.75, 3.05) is 6.54 Å². The Balaban J connectivity index is 1.61. The molecule has 33 heavy (non-hydrogen) atoms. The molecule has 5 rings (SSSR count). The molecule has 1 atom stereocenters. The van der Waals surface area contributed by atoms with Crippen molar-refractivity contribution in [1.29, 1.82) is 0 Å². The minimum Gasteiger partial charge on any atom is -0.465 e. The second-order valence-electron chi connectivity index (χ2n) is 9.96. The van der Waals surface area contributed by atoms with Crippen molar-refractivity contribution in [2.45, 2.75) is 52.0 Å². The topological polar surface area (TPSA) is 49.2 Å². The Morgan fingerprint density at radius 1 is 1.12 bits per heavy atom. The molecule has 3 heterocycles. The molecule has 1 amide bonds. The van der Waals surface area contributed by atoms with E-state index in [0.717, 1.165) is 52.9 Å². The monoisotopic (exact) mass is 460 g/mol. The van der Waals surface area contributed by atoms with Gasteiger partial charge in [-0.1, -0.05) is 62.7 Å². The predicted octanol–water partition coefficient (Wildman–Crippen LogP) is 7.66. The molecule has 1 N–H and O–H groups in total. The van der Waals surface area contributed by atoms with Gasteiger partial charge in [0.25, 0.3) is 5.91 Å². The zero-order valence-corrected chi connectivity index (χ0v) is 20.3. The van der Waals surface area contributed by atoms with Crippen molar-refractivity contribution in [3.63, 3.8) is 0 Å². The first-order valence-electron chi connectivity index (χ1n) is 11.5. The third-order valence-electron chi connectivity index (χ3n) is 6.59. The lowest BCUT2D eigenvalue weighted by molar-refractivity contribution is 0.0732. The van der Waals surface area contributed by atoms with Gasteiger partial charge in [-0.05, 0) is 49.6 Å². The molecule has 4 nitrogen and oxygen atoms in total. The molecule has 1 unspecified atom stereocenters. The molecule has 1 aliphatic heterocycles. The van der Waals surface area contributed by atoms with Crippen molar-refractivity contribution in [3.05, 3.63) is 82.4 Å². The molecule has 0 aliphatic carbocycles. The van der Waals surface area contributed by atoms with Crippen LogP contribution in [0.15, 0.2) is 59.0 Å². The summed E-state index contributed by atoms with van der Waals surface area (Å²) in [6.45, 7) is 8.90. The summed E-state index contributed by atoms with van der Waals surface area (Å²) >= 11 is 6.37. The fourth-order valence-corrected chi connectivity index (χ4v) is 5.05. The van der Waals surface area contributed by atoms with Gasteiger partial charge in [0.1, 0.15) is 11.5 Å². The molecule has 0 radical (unpaired) electrons. The molecule has 0 bridgehead atoms. The summed E-state index contributed by atoms with van der Waals surface area (Å²) < 4.78 is 5.99. The van der Waals surface area contributed by atoms with E-state index in [2.05, 4.69) is 37.9 Å². The van der Waals surface area contributed by atoms with Crippen LogP contribution in [0.25, 0.3) is 22.0 Å². The van der Waals surface area contributed by atoms with Crippen molar-refractivity contribution in [1.82, 2.24) is 9.88 Å². The number of fused-ring (bicyclic) bond motifs is 1. The second-order valence-corrected chi connectivity index (χ2v) is 10.4. The number of nitrogens with zero attached hydrogens (tertiary/aromatic N) is 1. The Bertz CT molecular complexity index is 1330. The number of hydrogen-bond donors (Lipinski definition) is 1. The lowest BCUT2D eigenvalue weighted by Crippen LogP contribution is -2.31. The van der Waals surface area contributed by atoms with Crippen LogP contribution in [-0.4, -0.2) is 22.3 Å². The van der Waals surface area contributed by atoms with Crippen LogP contribution in [0.1, 0.15) is 67.2 Å². The number of amides is 1. The number of rotatable bonds is 3. The predicted molar refractivity (Wildman–Crippen MR) is 134 cm³/mol. The number of aromatic amines is 1. The lowest BCUT2D eigenvalue weighted by Gasteiger charge is -2.25. The van der Waals surface area contributed by atoms with E-state index >= 15 is 0 Å². The van der Waals surface area contributed by atoms with Crippen molar-refractivity contribution in [2.24, 2.45) is 0 Å². The van der Waals surface area contributed by atoms with E-state index in [1.165, 1.54) is 0 Å². The number of carbonyl (C=O) groups excluding carboxylic acids is 1. The number of benzene rings is 2. The van der Waals surface area contributed by atoms with E-state index in [9.17, 15) is 4.79 Å². The molecule has 1 saturated heterocycles. The van der Waals surface area contributed by atoms with Gasteiger partial charge in [-0.15, -0.1) is 0 Å². The van der Waals surface area contributed by atoms with Gasteiger partial charge in [0.2, 0.25) is 0 Å². The number of aromatic nitrogens is 1.